The predicted octanol–water partition coefficient (Wildman–Crippen LogP) is 3.96. The maximum atomic E-state index is 2.44. The lowest BCUT2D eigenvalue weighted by atomic mass is 9.91. The molecule has 0 spiro atoms. The molecule has 0 radical (unpaired) electrons. The van der Waals surface area contributed by atoms with Crippen molar-refractivity contribution in [1.29, 1.82) is 0 Å². The molecule has 1 rings (SSSR count). The van der Waals surface area contributed by atoms with Crippen LogP contribution in [-0.4, -0.2) is 0 Å². The van der Waals surface area contributed by atoms with Gasteiger partial charge in [-0.25, -0.2) is 0 Å². The molecule has 0 saturated heterocycles. The second-order valence-electron chi connectivity index (χ2n) is 5.02. The summed E-state index contributed by atoms with van der Waals surface area (Å²) in [6.45, 7) is 11.9. The van der Waals surface area contributed by atoms with E-state index in [0.717, 1.165) is 29.6 Å². The summed E-state index contributed by atoms with van der Waals surface area (Å²) >= 11 is 0. The minimum atomic E-state index is 0.931. The van der Waals surface area contributed by atoms with Crippen LogP contribution in [0.1, 0.15) is 47.5 Å². The van der Waals surface area contributed by atoms with E-state index < -0.39 is 0 Å². The fourth-order valence-corrected chi connectivity index (χ4v) is 2.70. The lowest BCUT2D eigenvalue weighted by molar-refractivity contribution is 0.354. The lowest BCUT2D eigenvalue weighted by Gasteiger charge is -2.15. The molecule has 12 heavy (non-hydrogen) atoms. The van der Waals surface area contributed by atoms with Crippen molar-refractivity contribution in [2.75, 3.05) is 0 Å². The number of hydrogen-bond donors (Lipinski definition) is 0. The summed E-state index contributed by atoms with van der Waals surface area (Å²) in [4.78, 5) is 0. The van der Waals surface area contributed by atoms with Crippen LogP contribution in [0.5, 0.6) is 0 Å². The minimum Gasteiger partial charge on any atom is -0.0651 e. The van der Waals surface area contributed by atoms with Gasteiger partial charge in [0, 0.05) is 0 Å². The van der Waals surface area contributed by atoms with E-state index in [-0.39, 0.29) is 0 Å². The van der Waals surface area contributed by atoms with Crippen LogP contribution in [0, 0.1) is 29.6 Å². The summed E-state index contributed by atoms with van der Waals surface area (Å²) in [5, 5.41) is 0. The summed E-state index contributed by atoms with van der Waals surface area (Å²) < 4.78 is 0. The highest BCUT2D eigenvalue weighted by atomic mass is 14.5. The van der Waals surface area contributed by atoms with Gasteiger partial charge in [-0.3, -0.25) is 0 Å². The highest BCUT2D eigenvalue weighted by Crippen LogP contribution is 2.51. The Morgan fingerprint density at radius 2 is 1.58 bits per heavy atom. The molecule has 0 nitrogen and oxygen atoms in total. The van der Waals surface area contributed by atoms with Gasteiger partial charge in [0.15, 0.2) is 0 Å². The first-order valence-electron chi connectivity index (χ1n) is 5.57. The monoisotopic (exact) mass is 168 g/mol. The molecule has 4 unspecified atom stereocenters. The van der Waals surface area contributed by atoms with Crippen molar-refractivity contribution < 1.29 is 0 Å². The highest BCUT2D eigenvalue weighted by molar-refractivity contribution is 4.93. The Hall–Kier alpha value is 0. The van der Waals surface area contributed by atoms with E-state index in [0.29, 0.717) is 0 Å². The second kappa shape index (κ2) is 3.81. The number of hydrogen-bond acceptors (Lipinski definition) is 0. The summed E-state index contributed by atoms with van der Waals surface area (Å²) in [6, 6.07) is 0. The molecule has 0 N–H and O–H groups in total. The van der Waals surface area contributed by atoms with Crippen LogP contribution in [0.2, 0.25) is 0 Å². The fourth-order valence-electron chi connectivity index (χ4n) is 2.70. The molecule has 4 atom stereocenters. The van der Waals surface area contributed by atoms with Crippen molar-refractivity contribution in [3.8, 4) is 0 Å². The van der Waals surface area contributed by atoms with Crippen molar-refractivity contribution in [2.45, 2.75) is 47.5 Å². The quantitative estimate of drug-likeness (QED) is 0.596. The smallest absolute Gasteiger partial charge is 0.0332 e. The Balaban J connectivity index is 2.25. The molecule has 0 aromatic carbocycles. The molecular weight excluding hydrogens is 144 g/mol. The van der Waals surface area contributed by atoms with Crippen LogP contribution in [0.25, 0.3) is 0 Å². The molecule has 0 aliphatic heterocycles. The van der Waals surface area contributed by atoms with E-state index in [9.17, 15) is 0 Å². The molecular formula is C12H24. The third-order valence-electron chi connectivity index (χ3n) is 4.03. The average Bonchev–Trinajstić information content (AvgIpc) is 2.60. The standard InChI is InChI=1S/C12H24/c1-6-8(2)7-9(3)12-10(4)11(12)5/h8-12H,6-7H2,1-5H3. The second-order valence-corrected chi connectivity index (χ2v) is 5.02. The van der Waals surface area contributed by atoms with Crippen LogP contribution >= 0.6 is 0 Å². The summed E-state index contributed by atoms with van der Waals surface area (Å²) in [7, 11) is 0. The largest absolute Gasteiger partial charge is 0.0651 e. The summed E-state index contributed by atoms with van der Waals surface area (Å²) in [5.41, 5.74) is 0. The Labute approximate surface area is 77.7 Å². The van der Waals surface area contributed by atoms with E-state index in [1.165, 1.54) is 12.8 Å². The highest BCUT2D eigenvalue weighted by Gasteiger charge is 2.45. The Morgan fingerprint density at radius 1 is 1.08 bits per heavy atom. The van der Waals surface area contributed by atoms with E-state index in [4.69, 9.17) is 0 Å². The molecule has 0 aromatic heterocycles. The fraction of sp³-hybridized carbons (Fsp3) is 1.00. The molecule has 0 amide bonds. The lowest BCUT2D eigenvalue weighted by Crippen LogP contribution is -2.05. The molecule has 1 aliphatic carbocycles. The van der Waals surface area contributed by atoms with Gasteiger partial charge in [-0.15, -0.1) is 0 Å². The van der Waals surface area contributed by atoms with E-state index in [1.807, 2.05) is 0 Å². The first-order chi connectivity index (χ1) is 5.57. The van der Waals surface area contributed by atoms with Gasteiger partial charge < -0.3 is 0 Å². The SMILES string of the molecule is CCC(C)CC(C)C1C(C)C1C. The van der Waals surface area contributed by atoms with Gasteiger partial charge in [0.2, 0.25) is 0 Å². The van der Waals surface area contributed by atoms with Crippen molar-refractivity contribution in [3.05, 3.63) is 0 Å². The molecule has 72 valence electrons. The third-order valence-corrected chi connectivity index (χ3v) is 4.03. The molecule has 1 saturated carbocycles. The molecule has 0 bridgehead atoms. The Bertz CT molecular complexity index is 131. The van der Waals surface area contributed by atoms with Crippen molar-refractivity contribution in [3.63, 3.8) is 0 Å². The van der Waals surface area contributed by atoms with Gasteiger partial charge >= 0.3 is 0 Å². The zero-order valence-electron chi connectivity index (χ0n) is 9.30. The molecule has 0 heteroatoms. The van der Waals surface area contributed by atoms with Crippen molar-refractivity contribution in [2.24, 2.45) is 29.6 Å². The van der Waals surface area contributed by atoms with Crippen molar-refractivity contribution >= 4 is 0 Å². The van der Waals surface area contributed by atoms with Crippen molar-refractivity contribution in [1.82, 2.24) is 0 Å². The maximum absolute atomic E-state index is 2.44. The minimum absolute atomic E-state index is 0.931. The number of rotatable bonds is 4. The van der Waals surface area contributed by atoms with Gasteiger partial charge in [0.25, 0.3) is 0 Å². The van der Waals surface area contributed by atoms with Gasteiger partial charge in [-0.1, -0.05) is 41.0 Å². The zero-order valence-corrected chi connectivity index (χ0v) is 9.30. The van der Waals surface area contributed by atoms with Crippen LogP contribution in [-0.2, 0) is 0 Å². The normalized spacial score (nSPS) is 39.2. The van der Waals surface area contributed by atoms with E-state index in [1.54, 1.807) is 0 Å². The average molecular weight is 168 g/mol. The molecule has 1 fully saturated rings. The first-order valence-corrected chi connectivity index (χ1v) is 5.57. The van der Waals surface area contributed by atoms with Gasteiger partial charge in [-0.05, 0) is 36.0 Å². The van der Waals surface area contributed by atoms with Crippen LogP contribution in [0.3, 0.4) is 0 Å². The van der Waals surface area contributed by atoms with E-state index >= 15 is 0 Å². The van der Waals surface area contributed by atoms with Gasteiger partial charge in [0.05, 0.1) is 0 Å². The maximum Gasteiger partial charge on any atom is -0.0332 e. The first kappa shape index (κ1) is 10.1. The Kier molecular flexibility index (Phi) is 3.20. The third kappa shape index (κ3) is 2.02. The zero-order chi connectivity index (χ0) is 9.30. The molecule has 1 aliphatic rings. The van der Waals surface area contributed by atoms with Crippen LogP contribution in [0.15, 0.2) is 0 Å². The topological polar surface area (TPSA) is 0 Å². The summed E-state index contributed by atoms with van der Waals surface area (Å²) in [6.07, 6.45) is 2.79. The molecule has 0 heterocycles. The Morgan fingerprint density at radius 3 is 1.92 bits per heavy atom. The van der Waals surface area contributed by atoms with Gasteiger partial charge in [-0.2, -0.15) is 0 Å². The van der Waals surface area contributed by atoms with Crippen LogP contribution in [0.4, 0.5) is 0 Å². The van der Waals surface area contributed by atoms with Crippen LogP contribution < -0.4 is 0 Å². The predicted molar refractivity (Wildman–Crippen MR) is 55.1 cm³/mol. The van der Waals surface area contributed by atoms with E-state index in [2.05, 4.69) is 34.6 Å². The summed E-state index contributed by atoms with van der Waals surface area (Å²) in [5.74, 6) is 4.94. The van der Waals surface area contributed by atoms with Gasteiger partial charge in [0.1, 0.15) is 0 Å². The molecule has 0 aromatic rings.